The SMILES string of the molecule is Nc1[nH]c(=S)nc2ncccc12. The van der Waals surface area contributed by atoms with Gasteiger partial charge >= 0.3 is 0 Å². The number of nitrogen functional groups attached to an aromatic ring is 1. The van der Waals surface area contributed by atoms with Crippen LogP contribution in [0.2, 0.25) is 0 Å². The molecule has 2 rings (SSSR count). The number of nitrogens with zero attached hydrogens (tertiary/aromatic N) is 2. The van der Waals surface area contributed by atoms with Gasteiger partial charge in [0.05, 0.1) is 5.39 Å². The van der Waals surface area contributed by atoms with E-state index in [0.717, 1.165) is 5.39 Å². The summed E-state index contributed by atoms with van der Waals surface area (Å²) in [6.45, 7) is 0. The minimum atomic E-state index is 0.360. The summed E-state index contributed by atoms with van der Waals surface area (Å²) in [6, 6.07) is 3.65. The molecule has 2 aromatic heterocycles. The molecule has 0 aliphatic carbocycles. The van der Waals surface area contributed by atoms with E-state index in [4.69, 9.17) is 18.0 Å². The third-order valence-electron chi connectivity index (χ3n) is 1.53. The number of anilines is 1. The van der Waals surface area contributed by atoms with Gasteiger partial charge in [0.15, 0.2) is 10.4 Å². The number of hydrogen-bond acceptors (Lipinski definition) is 4. The van der Waals surface area contributed by atoms with E-state index < -0.39 is 0 Å². The van der Waals surface area contributed by atoms with E-state index in [2.05, 4.69) is 15.0 Å². The van der Waals surface area contributed by atoms with E-state index in [-0.39, 0.29) is 0 Å². The Kier molecular flexibility index (Phi) is 1.51. The molecule has 2 aromatic rings. The lowest BCUT2D eigenvalue weighted by molar-refractivity contribution is 1.16. The summed E-state index contributed by atoms with van der Waals surface area (Å²) >= 11 is 4.84. The Balaban J connectivity index is 2.99. The van der Waals surface area contributed by atoms with Crippen LogP contribution in [0.4, 0.5) is 5.82 Å². The number of H-pyrrole nitrogens is 1. The average Bonchev–Trinajstić information content (AvgIpc) is 2.04. The summed E-state index contributed by atoms with van der Waals surface area (Å²) in [6.07, 6.45) is 1.66. The van der Waals surface area contributed by atoms with Crippen LogP contribution in [-0.2, 0) is 0 Å². The van der Waals surface area contributed by atoms with Crippen LogP contribution in [0.3, 0.4) is 0 Å². The average molecular weight is 178 g/mol. The highest BCUT2D eigenvalue weighted by atomic mass is 32.1. The van der Waals surface area contributed by atoms with Crippen molar-refractivity contribution in [3.05, 3.63) is 23.1 Å². The molecule has 4 nitrogen and oxygen atoms in total. The highest BCUT2D eigenvalue weighted by Crippen LogP contribution is 2.12. The minimum Gasteiger partial charge on any atom is -0.385 e. The van der Waals surface area contributed by atoms with E-state index in [1.165, 1.54) is 0 Å². The zero-order chi connectivity index (χ0) is 8.55. The summed E-state index contributed by atoms with van der Waals surface area (Å²) < 4.78 is 0.360. The van der Waals surface area contributed by atoms with Gasteiger partial charge in [0.1, 0.15) is 5.82 Å². The number of aromatic amines is 1. The fourth-order valence-corrected chi connectivity index (χ4v) is 1.20. The molecule has 0 fully saturated rings. The molecular formula is C7H6N4S. The van der Waals surface area contributed by atoms with Gasteiger partial charge in [0.2, 0.25) is 0 Å². The molecule has 60 valence electrons. The number of nitrogens with two attached hydrogens (primary N) is 1. The third kappa shape index (κ3) is 1.04. The van der Waals surface area contributed by atoms with Crippen molar-refractivity contribution in [2.75, 3.05) is 5.73 Å². The summed E-state index contributed by atoms with van der Waals surface area (Å²) in [5, 5.41) is 0.797. The van der Waals surface area contributed by atoms with Gasteiger partial charge in [-0.3, -0.25) is 0 Å². The first-order valence-electron chi connectivity index (χ1n) is 3.38. The molecule has 12 heavy (non-hydrogen) atoms. The second-order valence-electron chi connectivity index (χ2n) is 2.33. The van der Waals surface area contributed by atoms with Crippen LogP contribution in [0, 0.1) is 4.77 Å². The maximum absolute atomic E-state index is 5.65. The first kappa shape index (κ1) is 7.17. The molecule has 0 bridgehead atoms. The van der Waals surface area contributed by atoms with E-state index in [0.29, 0.717) is 16.2 Å². The Morgan fingerprint density at radius 3 is 3.17 bits per heavy atom. The second-order valence-corrected chi connectivity index (χ2v) is 2.72. The Morgan fingerprint density at radius 1 is 1.50 bits per heavy atom. The van der Waals surface area contributed by atoms with Gasteiger partial charge in [0.25, 0.3) is 0 Å². The first-order valence-corrected chi connectivity index (χ1v) is 3.79. The highest BCUT2D eigenvalue weighted by molar-refractivity contribution is 7.71. The van der Waals surface area contributed by atoms with Crippen molar-refractivity contribution in [2.45, 2.75) is 0 Å². The predicted molar refractivity (Wildman–Crippen MR) is 49.1 cm³/mol. The summed E-state index contributed by atoms with van der Waals surface area (Å²) in [5.41, 5.74) is 6.24. The van der Waals surface area contributed by atoms with Crippen LogP contribution >= 0.6 is 12.2 Å². The smallest absolute Gasteiger partial charge is 0.200 e. The molecule has 0 unspecified atom stereocenters. The van der Waals surface area contributed by atoms with Crippen LogP contribution in [0.15, 0.2) is 18.3 Å². The molecule has 3 N–H and O–H groups in total. The van der Waals surface area contributed by atoms with Gasteiger partial charge in [-0.25, -0.2) is 4.98 Å². The van der Waals surface area contributed by atoms with Crippen LogP contribution in [0.25, 0.3) is 11.0 Å². The normalized spacial score (nSPS) is 10.3. The zero-order valence-electron chi connectivity index (χ0n) is 6.11. The maximum Gasteiger partial charge on any atom is 0.200 e. The second kappa shape index (κ2) is 2.53. The van der Waals surface area contributed by atoms with Gasteiger partial charge in [-0.05, 0) is 24.4 Å². The van der Waals surface area contributed by atoms with E-state index in [9.17, 15) is 0 Å². The Morgan fingerprint density at radius 2 is 2.33 bits per heavy atom. The number of nitrogens with one attached hydrogen (secondary N) is 1. The molecular weight excluding hydrogens is 172 g/mol. The van der Waals surface area contributed by atoms with Crippen LogP contribution < -0.4 is 5.73 Å². The molecule has 0 atom stereocenters. The van der Waals surface area contributed by atoms with E-state index in [1.807, 2.05) is 6.07 Å². The first-order chi connectivity index (χ1) is 5.77. The fourth-order valence-electron chi connectivity index (χ4n) is 1.00. The molecule has 0 saturated carbocycles. The standard InChI is InChI=1S/C7H6N4S/c8-5-4-2-1-3-9-6(4)11-7(12)10-5/h1-3H,(H3,8,9,10,11,12). The van der Waals surface area contributed by atoms with Gasteiger partial charge < -0.3 is 10.7 Å². The van der Waals surface area contributed by atoms with Crippen molar-refractivity contribution >= 4 is 29.1 Å². The van der Waals surface area contributed by atoms with Crippen molar-refractivity contribution in [1.29, 1.82) is 0 Å². The van der Waals surface area contributed by atoms with E-state index in [1.54, 1.807) is 12.3 Å². The fraction of sp³-hybridized carbons (Fsp3) is 0. The van der Waals surface area contributed by atoms with Gasteiger partial charge in [0, 0.05) is 6.20 Å². The van der Waals surface area contributed by atoms with Crippen molar-refractivity contribution < 1.29 is 0 Å². The molecule has 2 heterocycles. The van der Waals surface area contributed by atoms with Crippen LogP contribution in [-0.4, -0.2) is 15.0 Å². The molecule has 0 saturated heterocycles. The summed E-state index contributed by atoms with van der Waals surface area (Å²) in [7, 11) is 0. The molecule has 0 aliphatic heterocycles. The van der Waals surface area contributed by atoms with Crippen molar-refractivity contribution in [3.8, 4) is 0 Å². The van der Waals surface area contributed by atoms with E-state index >= 15 is 0 Å². The molecule has 0 aliphatic rings. The maximum atomic E-state index is 5.65. The predicted octanol–water partition coefficient (Wildman–Crippen LogP) is 1.27. The molecule has 0 spiro atoms. The monoisotopic (exact) mass is 178 g/mol. The van der Waals surface area contributed by atoms with Gasteiger partial charge in [-0.15, -0.1) is 0 Å². The van der Waals surface area contributed by atoms with Gasteiger partial charge in [-0.1, -0.05) is 0 Å². The lowest BCUT2D eigenvalue weighted by atomic mass is 10.3. The van der Waals surface area contributed by atoms with Crippen LogP contribution in [0.5, 0.6) is 0 Å². The molecule has 0 amide bonds. The Hall–Kier alpha value is -1.49. The lowest BCUT2D eigenvalue weighted by Gasteiger charge is -1.98. The van der Waals surface area contributed by atoms with Crippen molar-refractivity contribution in [1.82, 2.24) is 15.0 Å². The number of pyridine rings is 1. The van der Waals surface area contributed by atoms with Crippen molar-refractivity contribution in [2.24, 2.45) is 0 Å². The minimum absolute atomic E-state index is 0.360. The lowest BCUT2D eigenvalue weighted by Crippen LogP contribution is -1.95. The summed E-state index contributed by atoms with van der Waals surface area (Å²) in [5.74, 6) is 0.512. The summed E-state index contributed by atoms with van der Waals surface area (Å²) in [4.78, 5) is 10.8. The molecule has 5 heteroatoms. The van der Waals surface area contributed by atoms with Crippen molar-refractivity contribution in [3.63, 3.8) is 0 Å². The molecule has 0 radical (unpaired) electrons. The van der Waals surface area contributed by atoms with Gasteiger partial charge in [-0.2, -0.15) is 4.98 Å². The number of aromatic nitrogens is 3. The third-order valence-corrected chi connectivity index (χ3v) is 1.72. The molecule has 0 aromatic carbocycles. The Bertz CT molecular complexity index is 476. The number of hydrogen-bond donors (Lipinski definition) is 2. The largest absolute Gasteiger partial charge is 0.385 e. The zero-order valence-corrected chi connectivity index (χ0v) is 6.93. The number of fused-ring (bicyclic) bond motifs is 1. The highest BCUT2D eigenvalue weighted by Gasteiger charge is 1.98. The quantitative estimate of drug-likeness (QED) is 0.596. The Labute approximate surface area is 73.5 Å². The topological polar surface area (TPSA) is 67.6 Å². The van der Waals surface area contributed by atoms with Crippen LogP contribution in [0.1, 0.15) is 0 Å². The number of rotatable bonds is 0.